The van der Waals surface area contributed by atoms with E-state index in [1.165, 1.54) is 7.11 Å². The van der Waals surface area contributed by atoms with Gasteiger partial charge in [-0.25, -0.2) is 9.55 Å². The molecule has 2 aromatic heterocycles. The number of rotatable bonds is 5. The summed E-state index contributed by atoms with van der Waals surface area (Å²) in [5.41, 5.74) is 7.85. The number of hydrogen-bond donors (Lipinski definition) is 1. The maximum Gasteiger partial charge on any atom is 0.530 e. The smallest absolute Gasteiger partial charge is 0.479 e. The van der Waals surface area contributed by atoms with Crippen LogP contribution in [0.2, 0.25) is 0 Å². The van der Waals surface area contributed by atoms with Gasteiger partial charge in [-0.1, -0.05) is 18.2 Å². The summed E-state index contributed by atoms with van der Waals surface area (Å²) in [7, 11) is -2.07. The van der Waals surface area contributed by atoms with E-state index < -0.39 is 7.82 Å². The summed E-state index contributed by atoms with van der Waals surface area (Å²) in [5, 5.41) is 0. The Balaban J connectivity index is 1.22. The number of imidazole rings is 1. The van der Waals surface area contributed by atoms with Crippen LogP contribution in [-0.4, -0.2) is 33.2 Å². The molecule has 152 valence electrons. The van der Waals surface area contributed by atoms with E-state index in [0.717, 1.165) is 18.4 Å². The van der Waals surface area contributed by atoms with E-state index in [4.69, 9.17) is 24.0 Å². The molecule has 1 atom stereocenters. The quantitative estimate of drug-likeness (QED) is 0.624. The fourth-order valence-electron chi connectivity index (χ4n) is 3.65. The van der Waals surface area contributed by atoms with Crippen LogP contribution in [0.3, 0.4) is 0 Å². The zero-order chi connectivity index (χ0) is 20.0. The predicted molar refractivity (Wildman–Crippen MR) is 103 cm³/mol. The zero-order valence-corrected chi connectivity index (χ0v) is 16.6. The first-order valence-corrected chi connectivity index (χ1v) is 10.7. The number of hydrogen-bond acceptors (Lipinski definition) is 9. The number of aromatic nitrogens is 4. The lowest BCUT2D eigenvalue weighted by Gasteiger charge is -2.36. The summed E-state index contributed by atoms with van der Waals surface area (Å²) < 4.78 is 36.3. The molecule has 29 heavy (non-hydrogen) atoms. The van der Waals surface area contributed by atoms with Gasteiger partial charge in [-0.3, -0.25) is 9.05 Å². The van der Waals surface area contributed by atoms with Gasteiger partial charge in [0.15, 0.2) is 11.2 Å². The van der Waals surface area contributed by atoms with Gasteiger partial charge in [0.1, 0.15) is 5.75 Å². The van der Waals surface area contributed by atoms with Crippen LogP contribution in [-0.2, 0) is 20.2 Å². The van der Waals surface area contributed by atoms with Gasteiger partial charge < -0.3 is 19.6 Å². The molecule has 0 bridgehead atoms. The van der Waals surface area contributed by atoms with E-state index in [1.807, 2.05) is 22.8 Å². The molecule has 0 saturated heterocycles. The van der Waals surface area contributed by atoms with E-state index in [9.17, 15) is 4.57 Å². The lowest BCUT2D eigenvalue weighted by molar-refractivity contribution is 0.0797. The summed E-state index contributed by atoms with van der Waals surface area (Å²) in [6.07, 6.45) is 3.37. The highest BCUT2D eigenvalue weighted by atomic mass is 31.2. The molecule has 3 heterocycles. The van der Waals surface area contributed by atoms with Crippen LogP contribution in [0.5, 0.6) is 11.6 Å². The Labute approximate surface area is 166 Å². The number of nitrogen functional groups attached to an aromatic ring is 1. The van der Waals surface area contributed by atoms with Crippen LogP contribution in [0.15, 0.2) is 30.6 Å². The molecule has 1 unspecified atom stereocenters. The number of methoxy groups -OCH3 is 1. The molecule has 0 amide bonds. The second-order valence-electron chi connectivity index (χ2n) is 7.12. The van der Waals surface area contributed by atoms with E-state index in [1.54, 1.807) is 12.4 Å². The first-order valence-electron chi connectivity index (χ1n) is 9.25. The van der Waals surface area contributed by atoms with Crippen molar-refractivity contribution in [2.45, 2.75) is 25.5 Å². The molecule has 1 aromatic carbocycles. The van der Waals surface area contributed by atoms with Gasteiger partial charge in [0.2, 0.25) is 11.8 Å². The summed E-state index contributed by atoms with van der Waals surface area (Å²) in [6.45, 7) is 0.508. The number of nitrogens with two attached hydrogens (primary N) is 1. The van der Waals surface area contributed by atoms with Crippen LogP contribution in [0, 0.1) is 5.92 Å². The Kier molecular flexibility index (Phi) is 4.42. The van der Waals surface area contributed by atoms with Crippen LogP contribution < -0.4 is 15.0 Å². The van der Waals surface area contributed by atoms with Crippen LogP contribution >= 0.6 is 7.82 Å². The van der Waals surface area contributed by atoms with Crippen molar-refractivity contribution >= 4 is 24.9 Å². The van der Waals surface area contributed by atoms with Gasteiger partial charge in [-0.2, -0.15) is 9.97 Å². The molecule has 1 fully saturated rings. The first kappa shape index (κ1) is 18.4. The minimum absolute atomic E-state index is 0.139. The van der Waals surface area contributed by atoms with Crippen LogP contribution in [0.25, 0.3) is 11.2 Å². The molecule has 11 heteroatoms. The second-order valence-corrected chi connectivity index (χ2v) is 8.72. The molecule has 1 saturated carbocycles. The average Bonchev–Trinajstić information content (AvgIpc) is 3.09. The van der Waals surface area contributed by atoms with E-state index >= 15 is 0 Å². The predicted octanol–water partition coefficient (Wildman–Crippen LogP) is 3.10. The number of phosphoric acid groups is 1. The molecule has 3 aromatic rings. The number of phosphoric ester groups is 1. The Morgan fingerprint density at radius 1 is 1.31 bits per heavy atom. The van der Waals surface area contributed by atoms with Crippen molar-refractivity contribution in [3.05, 3.63) is 36.2 Å². The van der Waals surface area contributed by atoms with Gasteiger partial charge in [0, 0.05) is 11.6 Å². The molecule has 0 spiro atoms. The SMILES string of the molecule is COc1nc(N)nc2c1ncn2[C@H]1C[C@@H](COP2(=O)OCc3ccccc3O2)C1. The van der Waals surface area contributed by atoms with Crippen molar-refractivity contribution in [3.63, 3.8) is 0 Å². The van der Waals surface area contributed by atoms with E-state index in [2.05, 4.69) is 15.0 Å². The van der Waals surface area contributed by atoms with Crippen molar-refractivity contribution in [2.75, 3.05) is 19.5 Å². The number of benzene rings is 1. The van der Waals surface area contributed by atoms with Crippen molar-refractivity contribution in [2.24, 2.45) is 5.92 Å². The first-order chi connectivity index (χ1) is 14.0. The highest BCUT2D eigenvalue weighted by Gasteiger charge is 2.38. The minimum atomic E-state index is -3.59. The fourth-order valence-corrected chi connectivity index (χ4v) is 4.94. The third-order valence-electron chi connectivity index (χ3n) is 5.23. The fraction of sp³-hybridized carbons (Fsp3) is 0.389. The monoisotopic (exact) mass is 417 g/mol. The summed E-state index contributed by atoms with van der Waals surface area (Å²) in [6, 6.07) is 7.54. The maximum absolute atomic E-state index is 12.7. The normalized spacial score (nSPS) is 25.8. The Hall–Kier alpha value is -2.68. The topological polar surface area (TPSA) is 124 Å². The molecular weight excluding hydrogens is 397 g/mol. The van der Waals surface area contributed by atoms with Gasteiger partial charge >= 0.3 is 7.82 Å². The third-order valence-corrected chi connectivity index (χ3v) is 6.56. The van der Waals surface area contributed by atoms with Crippen molar-refractivity contribution in [1.82, 2.24) is 19.5 Å². The number of fused-ring (bicyclic) bond motifs is 2. The van der Waals surface area contributed by atoms with Gasteiger partial charge in [0.05, 0.1) is 26.7 Å². The molecular formula is C18H20N5O5P. The molecule has 5 rings (SSSR count). The largest absolute Gasteiger partial charge is 0.530 e. The van der Waals surface area contributed by atoms with Crippen molar-refractivity contribution in [1.29, 1.82) is 0 Å². The number of para-hydroxylation sites is 1. The zero-order valence-electron chi connectivity index (χ0n) is 15.7. The summed E-state index contributed by atoms with van der Waals surface area (Å²) >= 11 is 0. The van der Waals surface area contributed by atoms with Crippen molar-refractivity contribution < 1.29 is 22.9 Å². The Morgan fingerprint density at radius 3 is 2.97 bits per heavy atom. The molecule has 1 aliphatic carbocycles. The van der Waals surface area contributed by atoms with Crippen LogP contribution in [0.4, 0.5) is 5.95 Å². The summed E-state index contributed by atoms with van der Waals surface area (Å²) in [4.78, 5) is 12.7. The molecule has 2 aliphatic rings. The number of ether oxygens (including phenoxy) is 1. The lowest BCUT2D eigenvalue weighted by atomic mass is 9.81. The standard InChI is InChI=1S/C18H20N5O5P/c1-25-17-15-16(21-18(19)22-17)23(10-20-15)13-6-11(7-13)8-26-29(24)27-9-12-4-2-3-5-14(12)28-29/h2-5,10-11,13H,6-9H2,1H3,(H2,19,21,22)/t11-,13+,29?. The van der Waals surface area contributed by atoms with E-state index in [-0.39, 0.29) is 24.5 Å². The maximum atomic E-state index is 12.7. The lowest BCUT2D eigenvalue weighted by Crippen LogP contribution is -2.30. The molecule has 10 nitrogen and oxygen atoms in total. The average molecular weight is 417 g/mol. The van der Waals surface area contributed by atoms with Crippen molar-refractivity contribution in [3.8, 4) is 11.6 Å². The number of anilines is 1. The second kappa shape index (κ2) is 6.98. The molecule has 0 radical (unpaired) electrons. The summed E-state index contributed by atoms with van der Waals surface area (Å²) in [5.74, 6) is 1.27. The molecule has 1 aliphatic heterocycles. The van der Waals surface area contributed by atoms with Gasteiger partial charge in [0.25, 0.3) is 0 Å². The molecule has 2 N–H and O–H groups in total. The highest BCUT2D eigenvalue weighted by molar-refractivity contribution is 7.49. The Morgan fingerprint density at radius 2 is 2.14 bits per heavy atom. The van der Waals surface area contributed by atoms with E-state index in [0.29, 0.717) is 29.4 Å². The number of nitrogens with zero attached hydrogens (tertiary/aromatic N) is 4. The Bertz CT molecular complexity index is 1110. The van der Waals surface area contributed by atoms with Gasteiger partial charge in [-0.15, -0.1) is 0 Å². The minimum Gasteiger partial charge on any atom is -0.479 e. The van der Waals surface area contributed by atoms with Gasteiger partial charge in [-0.05, 0) is 24.8 Å². The third kappa shape index (κ3) is 3.33. The highest BCUT2D eigenvalue weighted by Crippen LogP contribution is 2.55. The van der Waals surface area contributed by atoms with Crippen LogP contribution in [0.1, 0.15) is 24.4 Å².